The molecule has 3 aliphatic heterocycles. The third kappa shape index (κ3) is 3.78. The molecule has 10 nitrogen and oxygen atoms in total. The number of hydrogen-bond donors (Lipinski definition) is 2. The molecule has 4 heterocycles. The van der Waals surface area contributed by atoms with Crippen molar-refractivity contribution in [1.29, 1.82) is 0 Å². The summed E-state index contributed by atoms with van der Waals surface area (Å²) < 4.78 is 0.699. The number of carboxylic acids is 1. The molecule has 2 amide bonds. The predicted molar refractivity (Wildman–Crippen MR) is 149 cm³/mol. The Balaban J connectivity index is 1.47. The third-order valence-corrected chi connectivity index (χ3v) is 10.9. The van der Waals surface area contributed by atoms with Gasteiger partial charge < -0.3 is 20.0 Å². The second kappa shape index (κ2) is 10.0. The molecule has 0 aliphatic carbocycles. The van der Waals surface area contributed by atoms with Crippen LogP contribution in [0.4, 0.5) is 0 Å². The molecule has 208 valence electrons. The van der Waals surface area contributed by atoms with Gasteiger partial charge in [-0.15, -0.1) is 23.4 Å². The van der Waals surface area contributed by atoms with Gasteiger partial charge in [-0.25, -0.2) is 4.68 Å². The second-order valence-corrected chi connectivity index (χ2v) is 12.4. The SMILES string of the molecule is C=CCN(Cn1nnc2ccccc21)C(=O)C1N([C@H](CO)c2ccccc2)C(=O)[C@@H]2[C@@H](C(=O)O)[C@H]3CC(C)C12S3. The van der Waals surface area contributed by atoms with E-state index in [1.54, 1.807) is 15.7 Å². The zero-order chi connectivity index (χ0) is 28.2. The molecule has 6 rings (SSSR count). The number of carbonyl (C=O) groups is 3. The Morgan fingerprint density at radius 3 is 2.65 bits per heavy atom. The molecule has 0 radical (unpaired) electrons. The molecule has 2 bridgehead atoms. The zero-order valence-corrected chi connectivity index (χ0v) is 22.9. The highest BCUT2D eigenvalue weighted by molar-refractivity contribution is 8.02. The number of rotatable bonds is 9. The lowest BCUT2D eigenvalue weighted by Crippen LogP contribution is -2.58. The number of fused-ring (bicyclic) bond motifs is 2. The van der Waals surface area contributed by atoms with Crippen LogP contribution in [0.5, 0.6) is 0 Å². The molecule has 7 atom stereocenters. The van der Waals surface area contributed by atoms with Gasteiger partial charge in [0.1, 0.15) is 18.2 Å². The van der Waals surface area contributed by atoms with Crippen LogP contribution in [-0.2, 0) is 21.1 Å². The van der Waals surface area contributed by atoms with Crippen LogP contribution in [0.2, 0.25) is 0 Å². The Labute approximate surface area is 235 Å². The first-order valence-corrected chi connectivity index (χ1v) is 14.3. The number of likely N-dealkylation sites (tertiary alicyclic amines) is 1. The summed E-state index contributed by atoms with van der Waals surface area (Å²) in [6.45, 7) is 5.72. The van der Waals surface area contributed by atoms with Gasteiger partial charge in [0.15, 0.2) is 0 Å². The number of aromatic nitrogens is 3. The molecular weight excluding hydrogens is 530 g/mol. The topological polar surface area (TPSA) is 129 Å². The van der Waals surface area contributed by atoms with E-state index in [2.05, 4.69) is 16.9 Å². The number of aliphatic carboxylic acids is 1. The van der Waals surface area contributed by atoms with E-state index in [1.807, 2.05) is 61.5 Å². The maximum Gasteiger partial charge on any atom is 0.308 e. The van der Waals surface area contributed by atoms with Crippen LogP contribution >= 0.6 is 11.8 Å². The number of nitrogens with zero attached hydrogens (tertiary/aromatic N) is 5. The summed E-state index contributed by atoms with van der Waals surface area (Å²) in [4.78, 5) is 44.6. The molecule has 1 spiro atoms. The number of carbonyl (C=O) groups excluding carboxylic acids is 2. The molecule has 3 saturated heterocycles. The van der Waals surface area contributed by atoms with Crippen molar-refractivity contribution in [2.24, 2.45) is 17.8 Å². The fraction of sp³-hybridized carbons (Fsp3) is 0.414. The van der Waals surface area contributed by atoms with Crippen LogP contribution in [0.1, 0.15) is 24.9 Å². The molecule has 3 fully saturated rings. The number of aliphatic hydroxyl groups excluding tert-OH is 1. The van der Waals surface area contributed by atoms with Crippen LogP contribution in [0.3, 0.4) is 0 Å². The lowest BCUT2D eigenvalue weighted by atomic mass is 9.66. The fourth-order valence-electron chi connectivity index (χ4n) is 7.12. The van der Waals surface area contributed by atoms with Gasteiger partial charge in [-0.05, 0) is 30.0 Å². The van der Waals surface area contributed by atoms with E-state index in [1.165, 1.54) is 16.7 Å². The normalized spacial score (nSPS) is 29.5. The highest BCUT2D eigenvalue weighted by Crippen LogP contribution is 2.69. The van der Waals surface area contributed by atoms with Crippen molar-refractivity contribution >= 4 is 40.6 Å². The van der Waals surface area contributed by atoms with Crippen molar-refractivity contribution in [2.45, 2.75) is 42.1 Å². The Hall–Kier alpha value is -3.70. The van der Waals surface area contributed by atoms with Crippen molar-refractivity contribution in [3.8, 4) is 0 Å². The smallest absolute Gasteiger partial charge is 0.308 e. The van der Waals surface area contributed by atoms with E-state index >= 15 is 0 Å². The van der Waals surface area contributed by atoms with Gasteiger partial charge in [0.05, 0.1) is 34.7 Å². The van der Waals surface area contributed by atoms with Crippen molar-refractivity contribution in [1.82, 2.24) is 24.8 Å². The fourth-order valence-corrected chi connectivity index (χ4v) is 9.51. The molecule has 40 heavy (non-hydrogen) atoms. The Bertz CT molecular complexity index is 1480. The largest absolute Gasteiger partial charge is 0.481 e. The second-order valence-electron chi connectivity index (χ2n) is 10.8. The minimum atomic E-state index is -1.02. The van der Waals surface area contributed by atoms with Crippen LogP contribution in [0.15, 0.2) is 67.3 Å². The van der Waals surface area contributed by atoms with Crippen LogP contribution in [0.25, 0.3) is 11.0 Å². The molecule has 2 N–H and O–H groups in total. The third-order valence-electron chi connectivity index (χ3n) is 8.78. The number of benzene rings is 2. The summed E-state index contributed by atoms with van der Waals surface area (Å²) in [7, 11) is 0. The molecule has 0 saturated carbocycles. The molecule has 3 unspecified atom stereocenters. The highest BCUT2D eigenvalue weighted by atomic mass is 32.2. The van der Waals surface area contributed by atoms with Gasteiger partial charge in [-0.3, -0.25) is 14.4 Å². The minimum absolute atomic E-state index is 0.0740. The Morgan fingerprint density at radius 2 is 1.95 bits per heavy atom. The lowest BCUT2D eigenvalue weighted by Gasteiger charge is -2.42. The van der Waals surface area contributed by atoms with E-state index < -0.39 is 41.2 Å². The zero-order valence-electron chi connectivity index (χ0n) is 22.0. The maximum atomic E-state index is 14.7. The molecular formula is C29H31N5O5S. The summed E-state index contributed by atoms with van der Waals surface area (Å²) in [5.41, 5.74) is 2.13. The lowest BCUT2D eigenvalue weighted by molar-refractivity contribution is -0.150. The predicted octanol–water partition coefficient (Wildman–Crippen LogP) is 2.56. The van der Waals surface area contributed by atoms with Gasteiger partial charge in [0.2, 0.25) is 11.8 Å². The molecule has 1 aromatic heterocycles. The van der Waals surface area contributed by atoms with Crippen molar-refractivity contribution in [3.63, 3.8) is 0 Å². The van der Waals surface area contributed by atoms with Gasteiger partial charge in [-0.1, -0.05) is 60.7 Å². The Kier molecular flexibility index (Phi) is 6.66. The van der Waals surface area contributed by atoms with Crippen molar-refractivity contribution < 1.29 is 24.6 Å². The maximum absolute atomic E-state index is 14.7. The highest BCUT2D eigenvalue weighted by Gasteiger charge is 2.77. The summed E-state index contributed by atoms with van der Waals surface area (Å²) in [6.07, 6.45) is 2.23. The minimum Gasteiger partial charge on any atom is -0.481 e. The molecule has 2 aromatic carbocycles. The van der Waals surface area contributed by atoms with Gasteiger partial charge >= 0.3 is 5.97 Å². The molecule has 3 aliphatic rings. The number of aliphatic hydroxyl groups is 1. The van der Waals surface area contributed by atoms with Crippen LogP contribution in [-0.4, -0.2) is 82.0 Å². The van der Waals surface area contributed by atoms with Gasteiger partial charge in [0, 0.05) is 11.8 Å². The van der Waals surface area contributed by atoms with E-state index in [4.69, 9.17) is 0 Å². The number of hydrogen-bond acceptors (Lipinski definition) is 7. The van der Waals surface area contributed by atoms with E-state index in [0.29, 0.717) is 17.5 Å². The summed E-state index contributed by atoms with van der Waals surface area (Å²) >= 11 is 1.47. The summed E-state index contributed by atoms with van der Waals surface area (Å²) in [5, 5.41) is 29.0. The monoisotopic (exact) mass is 561 g/mol. The average Bonchev–Trinajstić information content (AvgIpc) is 3.67. The first kappa shape index (κ1) is 26.5. The first-order chi connectivity index (χ1) is 19.3. The average molecular weight is 562 g/mol. The quantitative estimate of drug-likeness (QED) is 0.382. The summed E-state index contributed by atoms with van der Waals surface area (Å²) in [6, 6.07) is 14.8. The number of carboxylic acid groups (broad SMARTS) is 1. The molecule has 11 heteroatoms. The number of thioether (sulfide) groups is 1. The van der Waals surface area contributed by atoms with E-state index in [0.717, 1.165) is 5.52 Å². The molecule has 3 aromatic rings. The standard InChI is InChI=1S/C29H31N5O5S/c1-3-13-32(16-33-20-12-8-7-11-19(20)30-31-33)27(37)25-29-17(2)14-22(40-29)23(28(38)39)24(29)26(36)34(25)21(15-35)18-9-5-4-6-10-18/h3-12,17,21-25,35H,1,13-16H2,2H3,(H,38,39)/t17?,21-,22-,23+,24+,25?,29?/m1/s1. The number of para-hydroxylation sites is 1. The van der Waals surface area contributed by atoms with Crippen LogP contribution < -0.4 is 0 Å². The van der Waals surface area contributed by atoms with E-state index in [-0.39, 0.29) is 36.2 Å². The Morgan fingerprint density at radius 1 is 1.23 bits per heavy atom. The number of amides is 2. The van der Waals surface area contributed by atoms with E-state index in [9.17, 15) is 24.6 Å². The van der Waals surface area contributed by atoms with Gasteiger partial charge in [-0.2, -0.15) is 0 Å². The van der Waals surface area contributed by atoms with Gasteiger partial charge in [0.25, 0.3) is 0 Å². The van der Waals surface area contributed by atoms with Crippen molar-refractivity contribution in [3.05, 3.63) is 72.8 Å². The first-order valence-electron chi connectivity index (χ1n) is 13.4. The van der Waals surface area contributed by atoms with Crippen molar-refractivity contribution in [2.75, 3.05) is 13.2 Å². The van der Waals surface area contributed by atoms with Crippen LogP contribution in [0, 0.1) is 17.8 Å². The summed E-state index contributed by atoms with van der Waals surface area (Å²) in [5.74, 6) is -3.57.